The molecule has 0 radical (unpaired) electrons. The number of pyridine rings is 1. The van der Waals surface area contributed by atoms with E-state index in [1.54, 1.807) is 12.1 Å². The highest BCUT2D eigenvalue weighted by Gasteiger charge is 2.32. The summed E-state index contributed by atoms with van der Waals surface area (Å²) in [5.74, 6) is -0.0372. The fraction of sp³-hybridized carbons (Fsp3) is 0.294. The molecule has 1 aliphatic heterocycles. The van der Waals surface area contributed by atoms with Crippen molar-refractivity contribution in [2.75, 3.05) is 18.1 Å². The minimum atomic E-state index is -4.55. The molecule has 150 valence electrons. The summed E-state index contributed by atoms with van der Waals surface area (Å²) in [5.41, 5.74) is 0.570. The number of hydrogen-bond acceptors (Lipinski definition) is 5. The first-order chi connectivity index (χ1) is 13.1. The van der Waals surface area contributed by atoms with Crippen LogP contribution in [0, 0.1) is 0 Å². The van der Waals surface area contributed by atoms with Gasteiger partial charge in [0.05, 0.1) is 0 Å². The lowest BCUT2D eigenvalue weighted by Gasteiger charge is -2.29. The van der Waals surface area contributed by atoms with Gasteiger partial charge in [-0.05, 0) is 36.4 Å². The second-order valence-electron chi connectivity index (χ2n) is 5.73. The number of ether oxygens (including phenoxy) is 2. The number of rotatable bonds is 5. The lowest BCUT2D eigenvalue weighted by molar-refractivity contribution is -0.184. The van der Waals surface area contributed by atoms with Gasteiger partial charge in [0.25, 0.3) is 0 Å². The van der Waals surface area contributed by atoms with E-state index in [1.807, 2.05) is 0 Å². The van der Waals surface area contributed by atoms with Crippen molar-refractivity contribution in [3.05, 3.63) is 53.3 Å². The number of alkyl halides is 6. The summed E-state index contributed by atoms with van der Waals surface area (Å²) in [6, 6.07) is 8.63. The Morgan fingerprint density at radius 3 is 2.25 bits per heavy atom. The maximum Gasteiger partial charge on any atom is 0.422 e. The molecule has 2 aromatic rings. The molecule has 11 heteroatoms. The van der Waals surface area contributed by atoms with Crippen LogP contribution >= 0.6 is 0 Å². The van der Waals surface area contributed by atoms with Gasteiger partial charge >= 0.3 is 12.4 Å². The van der Waals surface area contributed by atoms with Crippen LogP contribution < -0.4 is 20.3 Å². The first-order valence-electron chi connectivity index (χ1n) is 7.88. The Morgan fingerprint density at radius 1 is 0.929 bits per heavy atom. The molecule has 2 heterocycles. The molecule has 3 rings (SSSR count). The van der Waals surface area contributed by atoms with Crippen LogP contribution in [0.4, 0.5) is 32.0 Å². The van der Waals surface area contributed by atoms with Crippen LogP contribution in [-0.4, -0.2) is 36.9 Å². The summed E-state index contributed by atoms with van der Waals surface area (Å²) in [6.07, 6.45) is -7.43. The Morgan fingerprint density at radius 2 is 1.61 bits per heavy atom. The van der Waals surface area contributed by atoms with Crippen molar-refractivity contribution >= 4 is 11.9 Å². The van der Waals surface area contributed by atoms with Crippen LogP contribution in [0.2, 0.25) is 0 Å². The third-order valence-corrected chi connectivity index (χ3v) is 3.50. The molecule has 0 fully saturated rings. The molecule has 0 bridgehead atoms. The molecule has 0 amide bonds. The van der Waals surface area contributed by atoms with Crippen LogP contribution in [0.25, 0.3) is 6.20 Å². The van der Waals surface area contributed by atoms with Crippen molar-refractivity contribution < 1.29 is 35.8 Å². The number of hydrogen-bond donors (Lipinski definition) is 0. The molecule has 1 aliphatic rings. The molecule has 1 unspecified atom stereocenters. The third-order valence-electron chi connectivity index (χ3n) is 3.50. The molecule has 0 spiro atoms. The second-order valence-corrected chi connectivity index (χ2v) is 5.73. The molecule has 1 aromatic carbocycles. The fourth-order valence-corrected chi connectivity index (χ4v) is 2.37. The lowest BCUT2D eigenvalue weighted by Crippen LogP contribution is -2.45. The second kappa shape index (κ2) is 7.66. The van der Waals surface area contributed by atoms with E-state index in [0.717, 1.165) is 0 Å². The summed E-state index contributed by atoms with van der Waals surface area (Å²) in [7, 11) is 0. The van der Waals surface area contributed by atoms with Crippen molar-refractivity contribution in [2.45, 2.75) is 18.7 Å². The van der Waals surface area contributed by atoms with Crippen LogP contribution in [0.15, 0.2) is 47.6 Å². The summed E-state index contributed by atoms with van der Waals surface area (Å²) in [4.78, 5) is 9.39. The molecule has 0 saturated heterocycles. The van der Waals surface area contributed by atoms with Crippen molar-refractivity contribution in [2.24, 2.45) is 4.99 Å². The minimum absolute atomic E-state index is 0.0372. The van der Waals surface area contributed by atoms with E-state index in [1.165, 1.54) is 41.6 Å². The van der Waals surface area contributed by atoms with Gasteiger partial charge in [-0.3, -0.25) is 0 Å². The quantitative estimate of drug-likeness (QED) is 0.718. The van der Waals surface area contributed by atoms with Gasteiger partial charge in [-0.15, -0.1) is 0 Å². The average Bonchev–Trinajstić information content (AvgIpc) is 2.63. The lowest BCUT2D eigenvalue weighted by atomic mass is 10.2. The van der Waals surface area contributed by atoms with Crippen LogP contribution in [0.5, 0.6) is 5.75 Å². The minimum Gasteiger partial charge on any atom is -0.484 e. The third kappa shape index (κ3) is 5.35. The standard InChI is InChI=1S/C17H13F6N3O2/c18-16(19,20)9-27-13-5-3-12(4-6-13)26-8-11-2-1-7-24-14(11)25-15(26)28-10-17(21,22)23/h1-8,15H,9-10H2. The summed E-state index contributed by atoms with van der Waals surface area (Å²) in [5, 5.41) is 0.548. The summed E-state index contributed by atoms with van der Waals surface area (Å²) >= 11 is 0. The van der Waals surface area contributed by atoms with Crippen molar-refractivity contribution in [3.63, 3.8) is 0 Å². The average molecular weight is 405 g/mol. The van der Waals surface area contributed by atoms with Gasteiger partial charge in [-0.2, -0.15) is 26.3 Å². The van der Waals surface area contributed by atoms with Gasteiger partial charge < -0.3 is 14.4 Å². The highest BCUT2D eigenvalue weighted by molar-refractivity contribution is 5.60. The van der Waals surface area contributed by atoms with E-state index in [2.05, 4.69) is 14.7 Å². The number of nitrogens with zero attached hydrogens (tertiary/aromatic N) is 3. The van der Waals surface area contributed by atoms with E-state index >= 15 is 0 Å². The van der Waals surface area contributed by atoms with Gasteiger partial charge in [0.2, 0.25) is 6.35 Å². The first-order valence-corrected chi connectivity index (χ1v) is 7.88. The van der Waals surface area contributed by atoms with Gasteiger partial charge in [0.1, 0.15) is 12.4 Å². The number of fused-ring (bicyclic) bond motifs is 1. The largest absolute Gasteiger partial charge is 0.484 e. The zero-order chi connectivity index (χ0) is 20.4. The van der Waals surface area contributed by atoms with E-state index < -0.39 is 31.9 Å². The van der Waals surface area contributed by atoms with Gasteiger partial charge in [-0.25, -0.2) is 9.98 Å². The summed E-state index contributed by atoms with van der Waals surface area (Å²) < 4.78 is 83.8. The van der Waals surface area contributed by atoms with Crippen molar-refractivity contribution in [1.29, 1.82) is 0 Å². The predicted octanol–water partition coefficient (Wildman–Crippen LogP) is 2.76. The number of anilines is 1. The van der Waals surface area contributed by atoms with Gasteiger partial charge in [0, 0.05) is 23.3 Å². The molecule has 1 aromatic heterocycles. The van der Waals surface area contributed by atoms with E-state index in [0.29, 0.717) is 10.9 Å². The van der Waals surface area contributed by atoms with E-state index in [9.17, 15) is 26.3 Å². The highest BCUT2D eigenvalue weighted by Crippen LogP contribution is 2.26. The molecular formula is C17H13F6N3O2. The smallest absolute Gasteiger partial charge is 0.422 e. The van der Waals surface area contributed by atoms with E-state index in [4.69, 9.17) is 4.74 Å². The molecule has 0 aliphatic carbocycles. The monoisotopic (exact) mass is 405 g/mol. The topological polar surface area (TPSA) is 47.0 Å². The zero-order valence-corrected chi connectivity index (χ0v) is 14.0. The molecule has 5 nitrogen and oxygen atoms in total. The Labute approximate surface area is 154 Å². The predicted molar refractivity (Wildman–Crippen MR) is 85.7 cm³/mol. The summed E-state index contributed by atoms with van der Waals surface area (Å²) in [6.45, 7) is -2.98. The van der Waals surface area contributed by atoms with Crippen molar-refractivity contribution in [3.8, 4) is 5.75 Å². The van der Waals surface area contributed by atoms with Crippen LogP contribution in [0.1, 0.15) is 0 Å². The molecule has 0 saturated carbocycles. The maximum atomic E-state index is 12.6. The number of aromatic nitrogens is 1. The number of benzene rings is 1. The van der Waals surface area contributed by atoms with Crippen molar-refractivity contribution in [1.82, 2.24) is 4.98 Å². The Kier molecular flexibility index (Phi) is 5.45. The van der Waals surface area contributed by atoms with E-state index in [-0.39, 0.29) is 11.2 Å². The zero-order valence-electron chi connectivity index (χ0n) is 14.0. The molecule has 0 N–H and O–H groups in total. The Hall–Kier alpha value is -2.82. The van der Waals surface area contributed by atoms with Crippen LogP contribution in [0.3, 0.4) is 0 Å². The van der Waals surface area contributed by atoms with Gasteiger partial charge in [-0.1, -0.05) is 0 Å². The molecular weight excluding hydrogens is 392 g/mol. The van der Waals surface area contributed by atoms with Crippen LogP contribution in [-0.2, 0) is 4.74 Å². The van der Waals surface area contributed by atoms with Gasteiger partial charge in [0.15, 0.2) is 12.1 Å². The normalized spacial score (nSPS) is 16.8. The fourth-order valence-electron chi connectivity index (χ4n) is 2.37. The maximum absolute atomic E-state index is 12.6. The molecule has 1 atom stereocenters. The number of halogens is 6. The molecule has 28 heavy (non-hydrogen) atoms. The highest BCUT2D eigenvalue weighted by atomic mass is 19.4. The SMILES string of the molecule is FC(F)(F)COc1ccc(N2C=c3cccnc3=NC2OCC(F)(F)F)cc1. The Bertz CT molecular complexity index is 928. The Balaban J connectivity index is 1.85. The first kappa shape index (κ1) is 19.9.